The van der Waals surface area contributed by atoms with E-state index in [0.717, 1.165) is 19.3 Å². The SMILES string of the molecule is CCCCCCCCCCCCCCCCCC(=O)OC[C@H]1O[C@H](O)[C@H](NC(C)=O)[C@@H](OC(C)C)[C@@H]1O. The van der Waals surface area contributed by atoms with Crippen LogP contribution >= 0.6 is 0 Å². The molecule has 0 aromatic rings. The van der Waals surface area contributed by atoms with Gasteiger partial charge in [0.15, 0.2) is 6.29 Å². The van der Waals surface area contributed by atoms with E-state index in [0.29, 0.717) is 6.42 Å². The molecule has 37 heavy (non-hydrogen) atoms. The number of carbonyl (C=O) groups is 2. The highest BCUT2D eigenvalue weighted by molar-refractivity contribution is 5.73. The number of unbranched alkanes of at least 4 members (excludes halogenated alkanes) is 14. The minimum atomic E-state index is -1.38. The molecule has 0 bridgehead atoms. The lowest BCUT2D eigenvalue weighted by molar-refractivity contribution is -0.268. The third-order valence-corrected chi connectivity index (χ3v) is 6.89. The maximum atomic E-state index is 12.2. The molecule has 0 radical (unpaired) electrons. The maximum Gasteiger partial charge on any atom is 0.305 e. The van der Waals surface area contributed by atoms with Crippen molar-refractivity contribution in [2.45, 2.75) is 167 Å². The molecule has 8 heteroatoms. The summed E-state index contributed by atoms with van der Waals surface area (Å²) in [6.07, 6.45) is 14.7. The van der Waals surface area contributed by atoms with Gasteiger partial charge in [0.2, 0.25) is 5.91 Å². The molecule has 1 saturated heterocycles. The van der Waals surface area contributed by atoms with Gasteiger partial charge in [-0.1, -0.05) is 96.8 Å². The Morgan fingerprint density at radius 1 is 0.838 bits per heavy atom. The number of nitrogens with one attached hydrogen (secondary N) is 1. The maximum absolute atomic E-state index is 12.2. The average Bonchev–Trinajstić information content (AvgIpc) is 2.84. The van der Waals surface area contributed by atoms with E-state index in [4.69, 9.17) is 14.2 Å². The molecule has 5 atom stereocenters. The van der Waals surface area contributed by atoms with Crippen LogP contribution in [0.25, 0.3) is 0 Å². The van der Waals surface area contributed by atoms with Crippen LogP contribution in [0.2, 0.25) is 0 Å². The summed E-state index contributed by atoms with van der Waals surface area (Å²) in [6.45, 7) is 6.99. The van der Waals surface area contributed by atoms with E-state index in [9.17, 15) is 19.8 Å². The Morgan fingerprint density at radius 3 is 1.78 bits per heavy atom. The van der Waals surface area contributed by atoms with Gasteiger partial charge in [0, 0.05) is 13.3 Å². The zero-order valence-electron chi connectivity index (χ0n) is 23.9. The van der Waals surface area contributed by atoms with Crippen LogP contribution in [0.5, 0.6) is 0 Å². The molecule has 0 aliphatic carbocycles. The normalized spacial score (nSPS) is 23.8. The van der Waals surface area contributed by atoms with E-state index in [1.807, 2.05) is 0 Å². The summed E-state index contributed by atoms with van der Waals surface area (Å²) in [5.74, 6) is -0.712. The standard InChI is InChI=1S/C29H55NO7/c1-5-6-7-8-9-10-11-12-13-14-15-16-17-18-19-20-25(32)35-21-24-27(33)28(36-22(2)3)26(29(34)37-24)30-23(4)31/h22,24,26-29,33-34H,5-21H2,1-4H3,(H,30,31)/t24-,26-,27-,28-,29+/m1/s1. The highest BCUT2D eigenvalue weighted by Gasteiger charge is 2.46. The summed E-state index contributed by atoms with van der Waals surface area (Å²) < 4.78 is 16.5. The van der Waals surface area contributed by atoms with Gasteiger partial charge in [-0.25, -0.2) is 0 Å². The molecule has 0 aromatic heterocycles. The van der Waals surface area contributed by atoms with Crippen LogP contribution in [0.15, 0.2) is 0 Å². The summed E-state index contributed by atoms with van der Waals surface area (Å²) in [7, 11) is 0. The fraction of sp³-hybridized carbons (Fsp3) is 0.931. The largest absolute Gasteiger partial charge is 0.463 e. The fourth-order valence-corrected chi connectivity index (χ4v) is 4.82. The molecule has 0 spiro atoms. The topological polar surface area (TPSA) is 114 Å². The van der Waals surface area contributed by atoms with Crippen LogP contribution < -0.4 is 5.32 Å². The second-order valence-electron chi connectivity index (χ2n) is 10.8. The Kier molecular flexibility index (Phi) is 18.9. The molecular formula is C29H55NO7. The first kappa shape index (κ1) is 33.8. The van der Waals surface area contributed by atoms with E-state index in [1.54, 1.807) is 13.8 Å². The van der Waals surface area contributed by atoms with E-state index in [1.165, 1.54) is 84.0 Å². The van der Waals surface area contributed by atoms with Gasteiger partial charge in [0.1, 0.15) is 31.0 Å². The number of hydrogen-bond acceptors (Lipinski definition) is 7. The molecule has 1 aliphatic rings. The molecular weight excluding hydrogens is 474 g/mol. The molecule has 3 N–H and O–H groups in total. The summed E-state index contributed by atoms with van der Waals surface area (Å²) in [4.78, 5) is 23.7. The van der Waals surface area contributed by atoms with Crippen LogP contribution in [0.1, 0.15) is 130 Å². The molecule has 218 valence electrons. The molecule has 0 unspecified atom stereocenters. The van der Waals surface area contributed by atoms with Gasteiger partial charge in [0.05, 0.1) is 6.10 Å². The lowest BCUT2D eigenvalue weighted by atomic mass is 9.96. The molecule has 0 aromatic carbocycles. The van der Waals surface area contributed by atoms with Crippen LogP contribution in [0.4, 0.5) is 0 Å². The van der Waals surface area contributed by atoms with Crippen molar-refractivity contribution in [3.8, 4) is 0 Å². The predicted molar refractivity (Wildman–Crippen MR) is 145 cm³/mol. The highest BCUT2D eigenvalue weighted by atomic mass is 16.6. The smallest absolute Gasteiger partial charge is 0.305 e. The van der Waals surface area contributed by atoms with Crippen molar-refractivity contribution in [1.82, 2.24) is 5.32 Å². The molecule has 1 rings (SSSR count). The quantitative estimate of drug-likeness (QED) is 0.139. The van der Waals surface area contributed by atoms with Crippen molar-refractivity contribution in [1.29, 1.82) is 0 Å². The number of aliphatic hydroxyl groups excluding tert-OH is 2. The highest BCUT2D eigenvalue weighted by Crippen LogP contribution is 2.24. The van der Waals surface area contributed by atoms with E-state index in [2.05, 4.69) is 12.2 Å². The molecule has 1 heterocycles. The third kappa shape index (κ3) is 15.7. The summed E-state index contributed by atoms with van der Waals surface area (Å²) in [5.41, 5.74) is 0. The Bertz CT molecular complexity index is 601. The van der Waals surface area contributed by atoms with Crippen LogP contribution in [0, 0.1) is 0 Å². The third-order valence-electron chi connectivity index (χ3n) is 6.89. The Labute approximate surface area is 225 Å². The minimum Gasteiger partial charge on any atom is -0.463 e. The van der Waals surface area contributed by atoms with Gasteiger partial charge in [-0.05, 0) is 20.3 Å². The molecule has 1 fully saturated rings. The first-order valence-electron chi connectivity index (χ1n) is 14.9. The van der Waals surface area contributed by atoms with Crippen LogP contribution in [-0.4, -0.2) is 65.4 Å². The monoisotopic (exact) mass is 529 g/mol. The van der Waals surface area contributed by atoms with Gasteiger partial charge in [-0.3, -0.25) is 9.59 Å². The molecule has 8 nitrogen and oxygen atoms in total. The second-order valence-corrected chi connectivity index (χ2v) is 10.8. The number of aliphatic hydroxyl groups is 2. The zero-order valence-corrected chi connectivity index (χ0v) is 23.9. The molecule has 0 saturated carbocycles. The van der Waals surface area contributed by atoms with Crippen molar-refractivity contribution < 1.29 is 34.0 Å². The zero-order chi connectivity index (χ0) is 27.5. The van der Waals surface area contributed by atoms with Gasteiger partial charge >= 0.3 is 5.97 Å². The summed E-state index contributed by atoms with van der Waals surface area (Å²) in [5, 5.41) is 23.6. The lowest BCUT2D eigenvalue weighted by Gasteiger charge is -2.43. The first-order chi connectivity index (χ1) is 17.8. The van der Waals surface area contributed by atoms with Crippen molar-refractivity contribution in [3.63, 3.8) is 0 Å². The van der Waals surface area contributed by atoms with Gasteiger partial charge in [-0.2, -0.15) is 0 Å². The minimum absolute atomic E-state index is 0.180. The van der Waals surface area contributed by atoms with Crippen molar-refractivity contribution in [2.24, 2.45) is 0 Å². The van der Waals surface area contributed by atoms with Crippen molar-refractivity contribution in [3.05, 3.63) is 0 Å². The second kappa shape index (κ2) is 20.7. The number of carbonyl (C=O) groups excluding carboxylic acids is 2. The van der Waals surface area contributed by atoms with E-state index in [-0.39, 0.29) is 24.6 Å². The number of esters is 1. The van der Waals surface area contributed by atoms with Crippen molar-refractivity contribution in [2.75, 3.05) is 6.61 Å². The lowest BCUT2D eigenvalue weighted by Crippen LogP contribution is -2.65. The van der Waals surface area contributed by atoms with Gasteiger partial charge in [-0.15, -0.1) is 0 Å². The van der Waals surface area contributed by atoms with Crippen molar-refractivity contribution >= 4 is 11.9 Å². The van der Waals surface area contributed by atoms with E-state index < -0.39 is 30.6 Å². The molecule has 1 aliphatic heterocycles. The Hall–Kier alpha value is -1.22. The van der Waals surface area contributed by atoms with Crippen LogP contribution in [0.3, 0.4) is 0 Å². The van der Waals surface area contributed by atoms with Crippen LogP contribution in [-0.2, 0) is 23.8 Å². The number of amides is 1. The fourth-order valence-electron chi connectivity index (χ4n) is 4.82. The summed E-state index contributed by atoms with van der Waals surface area (Å²) >= 11 is 0. The Morgan fingerprint density at radius 2 is 1.32 bits per heavy atom. The van der Waals surface area contributed by atoms with Gasteiger partial charge < -0.3 is 29.7 Å². The van der Waals surface area contributed by atoms with E-state index >= 15 is 0 Å². The average molecular weight is 530 g/mol. The predicted octanol–water partition coefficient (Wildman–Crippen LogP) is 5.17. The number of rotatable bonds is 21. The van der Waals surface area contributed by atoms with Gasteiger partial charge in [0.25, 0.3) is 0 Å². The summed E-state index contributed by atoms with van der Waals surface area (Å²) in [6, 6.07) is -0.915. The Balaban J connectivity index is 2.12. The molecule has 1 amide bonds. The number of ether oxygens (including phenoxy) is 3. The first-order valence-corrected chi connectivity index (χ1v) is 14.9. The number of hydrogen-bond donors (Lipinski definition) is 3.